The minimum atomic E-state index is -3.48. The zero-order valence-electron chi connectivity index (χ0n) is 11.0. The third-order valence-corrected chi connectivity index (χ3v) is 3.25. The third kappa shape index (κ3) is 4.52. The van der Waals surface area contributed by atoms with E-state index >= 15 is 0 Å². The van der Waals surface area contributed by atoms with Gasteiger partial charge in [0.15, 0.2) is 0 Å². The van der Waals surface area contributed by atoms with Crippen LogP contribution in [0.4, 0.5) is 15.8 Å². The zero-order valence-corrected chi connectivity index (χ0v) is 11.8. The van der Waals surface area contributed by atoms with Crippen molar-refractivity contribution in [3.63, 3.8) is 0 Å². The minimum absolute atomic E-state index is 0.0431. The number of nitrogens with one attached hydrogen (secondary N) is 2. The lowest BCUT2D eigenvalue weighted by Gasteiger charge is -2.19. The van der Waals surface area contributed by atoms with Gasteiger partial charge in [0.1, 0.15) is 5.82 Å². The Labute approximate surface area is 108 Å². The number of anilines is 2. The summed E-state index contributed by atoms with van der Waals surface area (Å²) in [5.41, 5.74) is 0.641. The predicted octanol–water partition coefficient (Wildman–Crippen LogP) is 2.65. The molecular formula is C12H19FN2O2S. The second kappa shape index (κ2) is 5.56. The molecule has 4 nitrogen and oxygen atoms in total. The first kappa shape index (κ1) is 14.8. The van der Waals surface area contributed by atoms with Gasteiger partial charge in [-0.15, -0.1) is 0 Å². The van der Waals surface area contributed by atoms with Crippen molar-refractivity contribution >= 4 is 21.4 Å². The Balaban J connectivity index is 2.94. The van der Waals surface area contributed by atoms with Gasteiger partial charge in [0.2, 0.25) is 10.0 Å². The molecule has 0 spiro atoms. The van der Waals surface area contributed by atoms with E-state index in [-0.39, 0.29) is 11.7 Å². The highest BCUT2D eigenvalue weighted by Crippen LogP contribution is 2.22. The average molecular weight is 274 g/mol. The maximum absolute atomic E-state index is 13.4. The van der Waals surface area contributed by atoms with Crippen molar-refractivity contribution in [3.05, 3.63) is 24.0 Å². The van der Waals surface area contributed by atoms with Crippen molar-refractivity contribution in [3.8, 4) is 0 Å². The number of sulfonamides is 1. The van der Waals surface area contributed by atoms with Crippen LogP contribution in [0.2, 0.25) is 0 Å². The van der Waals surface area contributed by atoms with Crippen LogP contribution in [0.5, 0.6) is 0 Å². The molecule has 6 heteroatoms. The van der Waals surface area contributed by atoms with E-state index < -0.39 is 15.8 Å². The van der Waals surface area contributed by atoms with Crippen LogP contribution in [-0.2, 0) is 10.0 Å². The Morgan fingerprint density at radius 3 is 2.33 bits per heavy atom. The molecule has 0 heterocycles. The van der Waals surface area contributed by atoms with E-state index in [0.717, 1.165) is 6.26 Å². The molecule has 1 unspecified atom stereocenters. The number of hydrogen-bond donors (Lipinski definition) is 2. The minimum Gasteiger partial charge on any atom is -0.382 e. The highest BCUT2D eigenvalue weighted by Gasteiger charge is 2.11. The maximum Gasteiger partial charge on any atom is 0.229 e. The largest absolute Gasteiger partial charge is 0.382 e. The SMILES string of the molecule is CC(C)C(C)Nc1ccc(F)c(NS(C)(=O)=O)c1. The molecule has 1 rings (SSSR count). The smallest absolute Gasteiger partial charge is 0.229 e. The Morgan fingerprint density at radius 1 is 1.22 bits per heavy atom. The lowest BCUT2D eigenvalue weighted by atomic mass is 10.1. The summed E-state index contributed by atoms with van der Waals surface area (Å²) in [4.78, 5) is 0. The average Bonchev–Trinajstić information content (AvgIpc) is 2.20. The highest BCUT2D eigenvalue weighted by molar-refractivity contribution is 7.92. The molecule has 1 atom stereocenters. The van der Waals surface area contributed by atoms with Crippen molar-refractivity contribution in [2.24, 2.45) is 5.92 Å². The van der Waals surface area contributed by atoms with Gasteiger partial charge in [-0.2, -0.15) is 0 Å². The standard InChI is InChI=1S/C12H19FN2O2S/c1-8(2)9(3)14-10-5-6-11(13)12(7-10)15-18(4,16)17/h5-9,14-15H,1-4H3. The normalized spacial score (nSPS) is 13.4. The summed E-state index contributed by atoms with van der Waals surface area (Å²) in [5.74, 6) is -0.176. The number of rotatable bonds is 5. The van der Waals surface area contributed by atoms with Crippen LogP contribution in [0.1, 0.15) is 20.8 Å². The summed E-state index contributed by atoms with van der Waals surface area (Å²) in [5, 5.41) is 3.19. The van der Waals surface area contributed by atoms with Gasteiger partial charge in [0, 0.05) is 11.7 Å². The van der Waals surface area contributed by atoms with Crippen LogP contribution in [0.15, 0.2) is 18.2 Å². The molecule has 0 aliphatic carbocycles. The number of halogens is 1. The van der Waals surface area contributed by atoms with Crippen molar-refractivity contribution in [2.75, 3.05) is 16.3 Å². The Bertz CT molecular complexity index is 515. The fraction of sp³-hybridized carbons (Fsp3) is 0.500. The molecule has 0 saturated carbocycles. The fourth-order valence-electron chi connectivity index (χ4n) is 1.32. The second-order valence-electron chi connectivity index (χ2n) is 4.75. The van der Waals surface area contributed by atoms with Gasteiger partial charge >= 0.3 is 0 Å². The molecule has 1 aromatic rings. The quantitative estimate of drug-likeness (QED) is 0.868. The Hall–Kier alpha value is -1.30. The Morgan fingerprint density at radius 2 is 1.83 bits per heavy atom. The van der Waals surface area contributed by atoms with E-state index in [2.05, 4.69) is 23.9 Å². The third-order valence-electron chi connectivity index (χ3n) is 2.66. The zero-order chi connectivity index (χ0) is 13.9. The summed E-state index contributed by atoms with van der Waals surface area (Å²) in [6.07, 6.45) is 0.989. The van der Waals surface area contributed by atoms with Crippen LogP contribution >= 0.6 is 0 Å². The summed E-state index contributed by atoms with van der Waals surface area (Å²) in [6.45, 7) is 6.14. The first-order chi connectivity index (χ1) is 8.19. The number of hydrogen-bond acceptors (Lipinski definition) is 3. The first-order valence-corrected chi connectivity index (χ1v) is 7.62. The van der Waals surface area contributed by atoms with Gasteiger partial charge < -0.3 is 5.32 Å². The molecule has 0 fully saturated rings. The van der Waals surface area contributed by atoms with Crippen LogP contribution < -0.4 is 10.0 Å². The van der Waals surface area contributed by atoms with E-state index in [9.17, 15) is 12.8 Å². The number of benzene rings is 1. The molecule has 0 radical (unpaired) electrons. The molecule has 0 saturated heterocycles. The van der Waals surface area contributed by atoms with Gasteiger partial charge in [0.05, 0.1) is 11.9 Å². The highest BCUT2D eigenvalue weighted by atomic mass is 32.2. The predicted molar refractivity (Wildman–Crippen MR) is 72.8 cm³/mol. The van der Waals surface area contributed by atoms with Gasteiger partial charge in [-0.05, 0) is 31.0 Å². The maximum atomic E-state index is 13.4. The first-order valence-electron chi connectivity index (χ1n) is 5.73. The lowest BCUT2D eigenvalue weighted by Crippen LogP contribution is -2.21. The molecule has 0 amide bonds. The summed E-state index contributed by atoms with van der Waals surface area (Å²) >= 11 is 0. The summed E-state index contributed by atoms with van der Waals surface area (Å²) in [7, 11) is -3.48. The van der Waals surface area contributed by atoms with E-state index in [1.165, 1.54) is 12.1 Å². The molecular weight excluding hydrogens is 255 g/mol. The van der Waals surface area contributed by atoms with E-state index in [4.69, 9.17) is 0 Å². The Kier molecular flexibility index (Phi) is 4.56. The van der Waals surface area contributed by atoms with Crippen LogP contribution in [0, 0.1) is 11.7 Å². The summed E-state index contributed by atoms with van der Waals surface area (Å²) < 4.78 is 37.8. The summed E-state index contributed by atoms with van der Waals surface area (Å²) in [6, 6.07) is 4.49. The van der Waals surface area contributed by atoms with E-state index in [1.807, 2.05) is 6.92 Å². The van der Waals surface area contributed by atoms with Gasteiger partial charge in [-0.3, -0.25) is 4.72 Å². The second-order valence-corrected chi connectivity index (χ2v) is 6.49. The molecule has 0 aliphatic rings. The van der Waals surface area contributed by atoms with Crippen molar-refractivity contribution in [1.82, 2.24) is 0 Å². The molecule has 0 aliphatic heterocycles. The lowest BCUT2D eigenvalue weighted by molar-refractivity contribution is 0.560. The molecule has 18 heavy (non-hydrogen) atoms. The van der Waals surface area contributed by atoms with Crippen LogP contribution in [0.3, 0.4) is 0 Å². The molecule has 0 bridgehead atoms. The van der Waals surface area contributed by atoms with E-state index in [1.54, 1.807) is 6.07 Å². The van der Waals surface area contributed by atoms with E-state index in [0.29, 0.717) is 11.6 Å². The monoisotopic (exact) mass is 274 g/mol. The molecule has 0 aromatic heterocycles. The molecule has 1 aromatic carbocycles. The topological polar surface area (TPSA) is 58.2 Å². The van der Waals surface area contributed by atoms with Gasteiger partial charge in [-0.1, -0.05) is 13.8 Å². The van der Waals surface area contributed by atoms with Crippen LogP contribution in [-0.4, -0.2) is 20.7 Å². The molecule has 2 N–H and O–H groups in total. The van der Waals surface area contributed by atoms with Crippen LogP contribution in [0.25, 0.3) is 0 Å². The van der Waals surface area contributed by atoms with Gasteiger partial charge in [-0.25, -0.2) is 12.8 Å². The fourth-order valence-corrected chi connectivity index (χ4v) is 1.88. The van der Waals surface area contributed by atoms with Crippen molar-refractivity contribution < 1.29 is 12.8 Å². The van der Waals surface area contributed by atoms with Crippen molar-refractivity contribution in [1.29, 1.82) is 0 Å². The van der Waals surface area contributed by atoms with Gasteiger partial charge in [0.25, 0.3) is 0 Å². The van der Waals surface area contributed by atoms with Crippen molar-refractivity contribution in [2.45, 2.75) is 26.8 Å². The molecule has 102 valence electrons.